The highest BCUT2D eigenvalue weighted by Gasteiger charge is 2.54. The molecule has 0 heterocycles. The maximum Gasteiger partial charge on any atom is 0.123 e. The van der Waals surface area contributed by atoms with E-state index < -0.39 is 26.0 Å². The molecule has 1 aliphatic rings. The van der Waals surface area contributed by atoms with Crippen molar-refractivity contribution in [2.45, 2.75) is 58.6 Å². The Kier molecular flexibility index (Phi) is 7.87. The maximum atomic E-state index is 10.9. The first-order chi connectivity index (χ1) is 15.1. The predicted molar refractivity (Wildman–Crippen MR) is 150 cm³/mol. The Balaban J connectivity index is 2.64. The van der Waals surface area contributed by atoms with E-state index in [9.17, 15) is 10.2 Å². The molecular formula is C21H19B11O2. The van der Waals surface area contributed by atoms with Gasteiger partial charge in [-0.1, -0.05) is 34.6 Å². The zero-order valence-electron chi connectivity index (χ0n) is 19.8. The van der Waals surface area contributed by atoms with Crippen molar-refractivity contribution in [1.29, 1.82) is 0 Å². The van der Waals surface area contributed by atoms with Crippen molar-refractivity contribution >= 4 is 86.3 Å². The molecule has 1 aliphatic carbocycles. The minimum Gasteiger partial charge on any atom is -0.507 e. The molecule has 0 bridgehead atoms. The quantitative estimate of drug-likeness (QED) is 0.498. The predicted octanol–water partition coefficient (Wildman–Crippen LogP) is 0.542. The third kappa shape index (κ3) is 4.59. The molecule has 2 nitrogen and oxygen atoms in total. The van der Waals surface area contributed by atoms with E-state index in [0.29, 0.717) is 0 Å². The highest BCUT2D eigenvalue weighted by atomic mass is 16.3. The molecule has 2 unspecified atom stereocenters. The van der Waals surface area contributed by atoms with Gasteiger partial charge in [-0.25, -0.2) is 0 Å². The normalized spacial score (nSPS) is 20.5. The molecule has 2 atom stereocenters. The lowest BCUT2D eigenvalue weighted by atomic mass is 9.05. The largest absolute Gasteiger partial charge is 0.507 e. The lowest BCUT2D eigenvalue weighted by molar-refractivity contribution is 0.404. The van der Waals surface area contributed by atoms with Crippen molar-refractivity contribution in [2.24, 2.45) is 5.92 Å². The standard InChI is InChI=1S/C21H19B11O2/c1-9(2)12-5-4-10(3)6-13(12)16-14(33)7-11(8-15(16)34)17(22,23)18(24,25)19(26,27)20(28,29)21(30,31)32/h6-8,12-13,33-34H,1,4-5H2,2-3H3. The Morgan fingerprint density at radius 2 is 1.32 bits per heavy atom. The van der Waals surface area contributed by atoms with Crippen LogP contribution in [0.25, 0.3) is 0 Å². The Morgan fingerprint density at radius 3 is 1.74 bits per heavy atom. The van der Waals surface area contributed by atoms with Crippen LogP contribution in [0, 0.1) is 5.92 Å². The molecule has 13 heteroatoms. The first-order valence-electron chi connectivity index (χ1n) is 10.7. The van der Waals surface area contributed by atoms with E-state index in [2.05, 4.69) is 6.58 Å². The smallest absolute Gasteiger partial charge is 0.123 e. The minimum absolute atomic E-state index is 0.00224. The summed E-state index contributed by atoms with van der Waals surface area (Å²) in [6, 6.07) is 2.42. The Bertz CT molecular complexity index is 970. The Labute approximate surface area is 219 Å². The number of aromatic hydroxyl groups is 2. The zero-order valence-corrected chi connectivity index (χ0v) is 19.8. The number of hydrogen-bond donors (Lipinski definition) is 2. The molecule has 22 radical (unpaired) electrons. The van der Waals surface area contributed by atoms with Crippen molar-refractivity contribution < 1.29 is 10.2 Å². The molecule has 1 aromatic rings. The van der Waals surface area contributed by atoms with Gasteiger partial charge in [-0.2, -0.15) is 0 Å². The summed E-state index contributed by atoms with van der Waals surface area (Å²) in [7, 11) is 66.0. The van der Waals surface area contributed by atoms with Gasteiger partial charge in [0.2, 0.25) is 0 Å². The first kappa shape index (κ1) is 29.2. The van der Waals surface area contributed by atoms with Crippen LogP contribution >= 0.6 is 0 Å². The monoisotopic (exact) mass is 424 g/mol. The second-order valence-corrected chi connectivity index (χ2v) is 9.87. The first-order valence-corrected chi connectivity index (χ1v) is 10.7. The van der Waals surface area contributed by atoms with E-state index in [1.165, 1.54) is 12.1 Å². The number of phenolic OH excluding ortho intramolecular Hbond substituents is 2. The van der Waals surface area contributed by atoms with E-state index in [0.717, 1.165) is 24.0 Å². The van der Waals surface area contributed by atoms with Crippen molar-refractivity contribution in [2.75, 3.05) is 0 Å². The molecule has 34 heavy (non-hydrogen) atoms. The fourth-order valence-electron chi connectivity index (χ4n) is 4.39. The van der Waals surface area contributed by atoms with Gasteiger partial charge in [0.1, 0.15) is 11.5 Å². The zero-order chi connectivity index (χ0) is 26.7. The Morgan fingerprint density at radius 1 is 0.853 bits per heavy atom. The van der Waals surface area contributed by atoms with Crippen LogP contribution < -0.4 is 0 Å². The third-order valence-electron chi connectivity index (χ3n) is 7.10. The summed E-state index contributed by atoms with van der Waals surface area (Å²) < 4.78 is 0. The van der Waals surface area contributed by atoms with Crippen LogP contribution in [-0.2, 0) is 5.21 Å². The number of allylic oxidation sites excluding steroid dienone is 3. The van der Waals surface area contributed by atoms with Crippen LogP contribution in [0.5, 0.6) is 11.5 Å². The van der Waals surface area contributed by atoms with Crippen molar-refractivity contribution in [3.05, 3.63) is 47.1 Å². The molecule has 0 saturated carbocycles. The second-order valence-electron chi connectivity index (χ2n) is 9.87. The lowest BCUT2D eigenvalue weighted by Crippen LogP contribution is -2.57. The van der Waals surface area contributed by atoms with E-state index in [1.54, 1.807) is 0 Å². The molecule has 1 aromatic carbocycles. The average Bonchev–Trinajstić information content (AvgIpc) is 2.65. The molecule has 2 N–H and O–H groups in total. The topological polar surface area (TPSA) is 40.5 Å². The van der Waals surface area contributed by atoms with Crippen molar-refractivity contribution in [3.8, 4) is 11.5 Å². The van der Waals surface area contributed by atoms with E-state index in [4.69, 9.17) is 86.3 Å². The van der Waals surface area contributed by atoms with Crippen LogP contribution in [0.15, 0.2) is 35.9 Å². The summed E-state index contributed by atoms with van der Waals surface area (Å²) in [5, 5.41) is 9.62. The van der Waals surface area contributed by atoms with E-state index in [-0.39, 0.29) is 34.5 Å². The van der Waals surface area contributed by atoms with Crippen LogP contribution in [0.3, 0.4) is 0 Å². The molecule has 0 spiro atoms. The maximum absolute atomic E-state index is 10.9. The highest BCUT2D eigenvalue weighted by Crippen LogP contribution is 2.67. The summed E-state index contributed by atoms with van der Waals surface area (Å²) in [4.78, 5) is 0. The average molecular weight is 422 g/mol. The number of hydrogen-bond acceptors (Lipinski definition) is 2. The molecule has 0 aromatic heterocycles. The number of rotatable bonds is 7. The van der Waals surface area contributed by atoms with Gasteiger partial charge in [-0.3, -0.25) is 0 Å². The molecule has 0 fully saturated rings. The van der Waals surface area contributed by atoms with Crippen molar-refractivity contribution in [1.82, 2.24) is 0 Å². The molecule has 148 valence electrons. The van der Waals surface area contributed by atoms with Gasteiger partial charge in [0, 0.05) is 35.0 Å². The van der Waals surface area contributed by atoms with Gasteiger partial charge in [-0.15, -0.1) is 20.8 Å². The summed E-state index contributed by atoms with van der Waals surface area (Å²) >= 11 is 0. The molecular weight excluding hydrogens is 403 g/mol. The molecule has 2 rings (SSSR count). The van der Waals surface area contributed by atoms with Gasteiger partial charge >= 0.3 is 0 Å². The van der Waals surface area contributed by atoms with Crippen LogP contribution in [0.4, 0.5) is 0 Å². The van der Waals surface area contributed by atoms with E-state index >= 15 is 0 Å². The minimum atomic E-state index is -2.57. The second kappa shape index (κ2) is 9.15. The summed E-state index contributed by atoms with van der Waals surface area (Å²) in [6.45, 7) is 7.93. The van der Waals surface area contributed by atoms with Crippen LogP contribution in [0.1, 0.15) is 43.7 Å². The van der Waals surface area contributed by atoms with Crippen LogP contribution in [-0.4, -0.2) is 96.5 Å². The fourth-order valence-corrected chi connectivity index (χ4v) is 4.39. The molecule has 0 aliphatic heterocycles. The summed E-state index contributed by atoms with van der Waals surface area (Å²) in [5.41, 5.74) is 2.19. The SMILES string of the molecule is [B]C([B])([B])C([B])([B])C([B])([B])C([B])([B])C([B])([B])c1cc(O)c(C2C=C(C)CCC2C(=C)C)c(O)c1. The molecule has 0 saturated heterocycles. The third-order valence-corrected chi connectivity index (χ3v) is 7.10. The summed E-state index contributed by atoms with van der Waals surface area (Å²) in [5.74, 6) is -0.935. The number of benzene rings is 1. The van der Waals surface area contributed by atoms with Crippen molar-refractivity contribution in [3.63, 3.8) is 0 Å². The van der Waals surface area contributed by atoms with Gasteiger partial charge in [0.25, 0.3) is 0 Å². The lowest BCUT2D eigenvalue weighted by Gasteiger charge is -2.67. The molecule has 0 amide bonds. The van der Waals surface area contributed by atoms with Crippen LogP contribution in [0.2, 0.25) is 20.8 Å². The number of phenols is 2. The summed E-state index contributed by atoms with van der Waals surface area (Å²) in [6.07, 6.45) is 3.68. The van der Waals surface area contributed by atoms with E-state index in [1.807, 2.05) is 19.9 Å². The van der Waals surface area contributed by atoms with Gasteiger partial charge in [0.05, 0.1) is 62.8 Å². The highest BCUT2D eigenvalue weighted by molar-refractivity contribution is 6.73. The van der Waals surface area contributed by atoms with Gasteiger partial charge in [-0.05, 0) is 44.7 Å². The van der Waals surface area contributed by atoms with Gasteiger partial charge in [0.15, 0.2) is 0 Å². The fraction of sp³-hybridized carbons (Fsp3) is 0.524. The van der Waals surface area contributed by atoms with Gasteiger partial charge < -0.3 is 10.2 Å². The Hall–Kier alpha value is -0.986.